The van der Waals surface area contributed by atoms with E-state index in [0.717, 1.165) is 11.1 Å². The summed E-state index contributed by atoms with van der Waals surface area (Å²) in [5.74, 6) is 0.677. The third-order valence-electron chi connectivity index (χ3n) is 2.19. The van der Waals surface area contributed by atoms with E-state index in [-0.39, 0.29) is 6.17 Å². The van der Waals surface area contributed by atoms with Gasteiger partial charge in [0.2, 0.25) is 0 Å². The predicted octanol–water partition coefficient (Wildman–Crippen LogP) is 1.83. The van der Waals surface area contributed by atoms with Gasteiger partial charge in [-0.25, -0.2) is 0 Å². The zero-order valence-corrected chi connectivity index (χ0v) is 9.35. The molecule has 0 aromatic heterocycles. The molecule has 1 rings (SSSR count). The van der Waals surface area contributed by atoms with Crippen LogP contribution in [-0.2, 0) is 0 Å². The van der Waals surface area contributed by atoms with Crippen LogP contribution in [0.3, 0.4) is 0 Å². The number of nitrogens with two attached hydrogens (primary N) is 1. The van der Waals surface area contributed by atoms with Crippen molar-refractivity contribution in [2.45, 2.75) is 13.1 Å². The van der Waals surface area contributed by atoms with Gasteiger partial charge in [-0.1, -0.05) is 11.6 Å². The van der Waals surface area contributed by atoms with E-state index in [9.17, 15) is 0 Å². The van der Waals surface area contributed by atoms with Gasteiger partial charge in [0, 0.05) is 0 Å². The molecule has 0 heterocycles. The van der Waals surface area contributed by atoms with E-state index >= 15 is 0 Å². The van der Waals surface area contributed by atoms with E-state index in [4.69, 9.17) is 22.1 Å². The third-order valence-corrected chi connectivity index (χ3v) is 2.48. The summed E-state index contributed by atoms with van der Waals surface area (Å²) in [4.78, 5) is 0. The van der Waals surface area contributed by atoms with Gasteiger partial charge in [-0.2, -0.15) is 0 Å². The number of ether oxygens (including phenoxy) is 1. The van der Waals surface area contributed by atoms with Crippen molar-refractivity contribution in [2.24, 2.45) is 5.73 Å². The van der Waals surface area contributed by atoms with Crippen LogP contribution in [0.5, 0.6) is 5.75 Å². The number of methoxy groups -OCH3 is 1. The van der Waals surface area contributed by atoms with Gasteiger partial charge in [-0.05, 0) is 37.2 Å². The summed E-state index contributed by atoms with van der Waals surface area (Å²) >= 11 is 5.99. The first-order chi connectivity index (χ1) is 6.60. The van der Waals surface area contributed by atoms with Gasteiger partial charge in [0.05, 0.1) is 18.3 Å². The van der Waals surface area contributed by atoms with Crippen LogP contribution in [0.25, 0.3) is 0 Å². The molecule has 0 saturated carbocycles. The van der Waals surface area contributed by atoms with Gasteiger partial charge >= 0.3 is 0 Å². The number of aryl methyl sites for hydroxylation is 1. The molecule has 4 heteroatoms. The minimum Gasteiger partial charge on any atom is -0.495 e. The number of hydrogen-bond acceptors (Lipinski definition) is 3. The van der Waals surface area contributed by atoms with Crippen LogP contribution in [-0.4, -0.2) is 14.2 Å². The number of rotatable bonds is 3. The van der Waals surface area contributed by atoms with Crippen molar-refractivity contribution in [3.8, 4) is 5.75 Å². The molecule has 0 fully saturated rings. The fourth-order valence-corrected chi connectivity index (χ4v) is 1.57. The largest absolute Gasteiger partial charge is 0.495 e. The quantitative estimate of drug-likeness (QED) is 0.755. The molecule has 0 aliphatic rings. The van der Waals surface area contributed by atoms with Gasteiger partial charge in [0.15, 0.2) is 0 Å². The summed E-state index contributed by atoms with van der Waals surface area (Å²) in [5.41, 5.74) is 7.89. The zero-order valence-electron chi connectivity index (χ0n) is 8.60. The monoisotopic (exact) mass is 214 g/mol. The second kappa shape index (κ2) is 4.64. The Bertz CT molecular complexity index is 328. The van der Waals surface area contributed by atoms with Crippen LogP contribution in [0, 0.1) is 6.92 Å². The van der Waals surface area contributed by atoms with Crippen LogP contribution in [0.15, 0.2) is 12.1 Å². The molecule has 1 aromatic rings. The SMILES string of the molecule is CNC(N)c1cc(Cl)c(OC)cc1C. The van der Waals surface area contributed by atoms with Crippen LogP contribution >= 0.6 is 11.6 Å². The van der Waals surface area contributed by atoms with E-state index in [2.05, 4.69) is 5.32 Å². The molecule has 0 aliphatic carbocycles. The van der Waals surface area contributed by atoms with Gasteiger partial charge in [-0.15, -0.1) is 0 Å². The van der Waals surface area contributed by atoms with Crippen molar-refractivity contribution in [2.75, 3.05) is 14.2 Å². The Hall–Kier alpha value is -0.770. The summed E-state index contributed by atoms with van der Waals surface area (Å²) in [6, 6.07) is 3.71. The molecule has 3 N–H and O–H groups in total. The van der Waals surface area contributed by atoms with Gasteiger partial charge in [0.25, 0.3) is 0 Å². The third kappa shape index (κ3) is 2.18. The second-order valence-corrected chi connectivity index (χ2v) is 3.52. The van der Waals surface area contributed by atoms with E-state index in [1.165, 1.54) is 0 Å². The van der Waals surface area contributed by atoms with Gasteiger partial charge < -0.3 is 15.8 Å². The van der Waals surface area contributed by atoms with Crippen molar-refractivity contribution < 1.29 is 4.74 Å². The lowest BCUT2D eigenvalue weighted by Crippen LogP contribution is -2.25. The van der Waals surface area contributed by atoms with Crippen LogP contribution < -0.4 is 15.8 Å². The van der Waals surface area contributed by atoms with Crippen molar-refractivity contribution in [3.05, 3.63) is 28.3 Å². The minimum atomic E-state index is -0.196. The molecule has 1 atom stereocenters. The molecule has 14 heavy (non-hydrogen) atoms. The highest BCUT2D eigenvalue weighted by molar-refractivity contribution is 6.32. The van der Waals surface area contributed by atoms with Crippen LogP contribution in [0.4, 0.5) is 0 Å². The lowest BCUT2D eigenvalue weighted by Gasteiger charge is -2.15. The highest BCUT2D eigenvalue weighted by Crippen LogP contribution is 2.29. The first-order valence-corrected chi connectivity index (χ1v) is 4.74. The summed E-state index contributed by atoms with van der Waals surface area (Å²) in [5, 5.41) is 3.55. The van der Waals surface area contributed by atoms with Crippen molar-refractivity contribution >= 4 is 11.6 Å². The standard InChI is InChI=1S/C10H15ClN2O/c1-6-4-9(14-3)8(11)5-7(6)10(12)13-2/h4-5,10,13H,12H2,1-3H3. The first kappa shape index (κ1) is 11.3. The lowest BCUT2D eigenvalue weighted by molar-refractivity contribution is 0.414. The Morgan fingerprint density at radius 2 is 2.14 bits per heavy atom. The molecule has 0 aliphatic heterocycles. The van der Waals surface area contributed by atoms with Crippen molar-refractivity contribution in [3.63, 3.8) is 0 Å². The predicted molar refractivity (Wildman–Crippen MR) is 58.7 cm³/mol. The minimum absolute atomic E-state index is 0.196. The summed E-state index contributed by atoms with van der Waals surface area (Å²) in [6.07, 6.45) is -0.196. The second-order valence-electron chi connectivity index (χ2n) is 3.11. The summed E-state index contributed by atoms with van der Waals surface area (Å²) in [7, 11) is 3.40. The van der Waals surface area contributed by atoms with E-state index in [1.54, 1.807) is 7.11 Å². The first-order valence-electron chi connectivity index (χ1n) is 4.37. The molecule has 0 saturated heterocycles. The maximum absolute atomic E-state index is 5.99. The Labute approximate surface area is 89.2 Å². The Morgan fingerprint density at radius 1 is 1.50 bits per heavy atom. The molecule has 0 radical (unpaired) electrons. The molecule has 1 aromatic carbocycles. The van der Waals surface area contributed by atoms with Crippen molar-refractivity contribution in [1.29, 1.82) is 0 Å². The van der Waals surface area contributed by atoms with Gasteiger partial charge in [-0.3, -0.25) is 0 Å². The average molecular weight is 215 g/mol. The van der Waals surface area contributed by atoms with Gasteiger partial charge in [0.1, 0.15) is 5.75 Å². The molecule has 78 valence electrons. The number of hydrogen-bond donors (Lipinski definition) is 2. The highest BCUT2D eigenvalue weighted by atomic mass is 35.5. The van der Waals surface area contributed by atoms with E-state index in [0.29, 0.717) is 10.8 Å². The zero-order chi connectivity index (χ0) is 10.7. The Morgan fingerprint density at radius 3 is 2.64 bits per heavy atom. The average Bonchev–Trinajstić information content (AvgIpc) is 2.19. The molecule has 0 bridgehead atoms. The van der Waals surface area contributed by atoms with E-state index < -0.39 is 0 Å². The smallest absolute Gasteiger partial charge is 0.137 e. The summed E-state index contributed by atoms with van der Waals surface area (Å²) in [6.45, 7) is 1.98. The molecule has 0 amide bonds. The fraction of sp³-hybridized carbons (Fsp3) is 0.400. The Balaban J connectivity index is 3.14. The lowest BCUT2D eigenvalue weighted by atomic mass is 10.1. The highest BCUT2D eigenvalue weighted by Gasteiger charge is 2.10. The molecule has 3 nitrogen and oxygen atoms in total. The Kier molecular flexibility index (Phi) is 3.75. The van der Waals surface area contributed by atoms with Crippen LogP contribution in [0.1, 0.15) is 17.3 Å². The molecule has 1 unspecified atom stereocenters. The van der Waals surface area contributed by atoms with Crippen molar-refractivity contribution in [1.82, 2.24) is 5.32 Å². The van der Waals surface area contributed by atoms with Crippen LogP contribution in [0.2, 0.25) is 5.02 Å². The number of nitrogens with one attached hydrogen (secondary N) is 1. The normalized spacial score (nSPS) is 12.6. The fourth-order valence-electron chi connectivity index (χ4n) is 1.32. The van der Waals surface area contributed by atoms with E-state index in [1.807, 2.05) is 26.1 Å². The maximum Gasteiger partial charge on any atom is 0.137 e. The number of benzene rings is 1. The molecule has 0 spiro atoms. The topological polar surface area (TPSA) is 47.3 Å². The molecular formula is C10H15ClN2O. The number of halogens is 1. The molecular weight excluding hydrogens is 200 g/mol. The maximum atomic E-state index is 5.99. The summed E-state index contributed by atoms with van der Waals surface area (Å²) < 4.78 is 5.10.